The van der Waals surface area contributed by atoms with E-state index in [2.05, 4.69) is 10.1 Å². The van der Waals surface area contributed by atoms with Crippen LogP contribution in [-0.4, -0.2) is 25.2 Å². The minimum absolute atomic E-state index is 0.0736. The van der Waals surface area contributed by atoms with Crippen molar-refractivity contribution in [1.29, 1.82) is 0 Å². The van der Waals surface area contributed by atoms with E-state index >= 15 is 0 Å². The third kappa shape index (κ3) is 2.56. The molecule has 2 rings (SSSR count). The van der Waals surface area contributed by atoms with Crippen LogP contribution in [0, 0.1) is 5.92 Å². The van der Waals surface area contributed by atoms with Crippen LogP contribution < -0.4 is 11.3 Å². The molecule has 7 heteroatoms. The van der Waals surface area contributed by atoms with Crippen molar-refractivity contribution in [2.24, 2.45) is 16.8 Å². The van der Waals surface area contributed by atoms with Gasteiger partial charge in [0.2, 0.25) is 5.82 Å². The van der Waals surface area contributed by atoms with E-state index in [1.54, 1.807) is 35.3 Å². The van der Waals surface area contributed by atoms with Crippen molar-refractivity contribution in [3.63, 3.8) is 0 Å². The monoisotopic (exact) mass is 275 g/mol. The van der Waals surface area contributed by atoms with Crippen LogP contribution in [0.5, 0.6) is 0 Å². The van der Waals surface area contributed by atoms with Crippen molar-refractivity contribution in [2.75, 3.05) is 0 Å². The lowest BCUT2D eigenvalue weighted by atomic mass is 10.2. The van der Waals surface area contributed by atoms with Crippen LogP contribution in [0.4, 0.5) is 0 Å². The van der Waals surface area contributed by atoms with Gasteiger partial charge >= 0.3 is 0 Å². The second-order valence-electron chi connectivity index (χ2n) is 4.85. The van der Waals surface area contributed by atoms with E-state index in [1.165, 1.54) is 4.57 Å². The first-order chi connectivity index (χ1) is 9.54. The highest BCUT2D eigenvalue weighted by atomic mass is 16.4. The zero-order valence-electron chi connectivity index (χ0n) is 11.4. The van der Waals surface area contributed by atoms with Gasteiger partial charge in [-0.3, -0.25) is 9.36 Å². The molecule has 0 spiro atoms. The Bertz CT molecular complexity index is 684. The van der Waals surface area contributed by atoms with E-state index in [9.17, 15) is 4.79 Å². The molecule has 7 nitrogen and oxygen atoms in total. The lowest BCUT2D eigenvalue weighted by Gasteiger charge is -2.11. The first-order valence-electron chi connectivity index (χ1n) is 6.25. The topological polar surface area (TPSA) is 98.4 Å². The Morgan fingerprint density at radius 2 is 2.25 bits per heavy atom. The van der Waals surface area contributed by atoms with E-state index in [0.29, 0.717) is 18.2 Å². The van der Waals surface area contributed by atoms with Crippen LogP contribution >= 0.6 is 0 Å². The second-order valence-corrected chi connectivity index (χ2v) is 4.85. The van der Waals surface area contributed by atoms with Gasteiger partial charge in [-0.25, -0.2) is 4.98 Å². The van der Waals surface area contributed by atoms with Crippen molar-refractivity contribution in [3.05, 3.63) is 46.8 Å². The number of nitrogens with zero attached hydrogens (tertiary/aromatic N) is 4. The van der Waals surface area contributed by atoms with Gasteiger partial charge in [0.15, 0.2) is 5.84 Å². The number of amidine groups is 1. The van der Waals surface area contributed by atoms with Crippen molar-refractivity contribution in [3.8, 4) is 5.82 Å². The number of hydrogen-bond acceptors (Lipinski definition) is 4. The highest BCUT2D eigenvalue weighted by Crippen LogP contribution is 2.07. The highest BCUT2D eigenvalue weighted by molar-refractivity contribution is 5.96. The molecule has 0 bridgehead atoms. The number of oxime groups is 1. The lowest BCUT2D eigenvalue weighted by molar-refractivity contribution is 0.318. The highest BCUT2D eigenvalue weighted by Gasteiger charge is 2.13. The van der Waals surface area contributed by atoms with Gasteiger partial charge in [-0.2, -0.15) is 0 Å². The molecule has 2 heterocycles. The molecule has 0 amide bonds. The summed E-state index contributed by atoms with van der Waals surface area (Å²) in [6, 6.07) is 3.35. The average molecular weight is 275 g/mol. The summed E-state index contributed by atoms with van der Waals surface area (Å²) >= 11 is 0. The van der Waals surface area contributed by atoms with Crippen molar-refractivity contribution >= 4 is 5.84 Å². The summed E-state index contributed by atoms with van der Waals surface area (Å²) in [5.41, 5.74) is 5.79. The van der Waals surface area contributed by atoms with Gasteiger partial charge in [0.25, 0.3) is 5.56 Å². The molecule has 0 radical (unpaired) electrons. The molecule has 2 aromatic rings. The van der Waals surface area contributed by atoms with Crippen LogP contribution in [0.3, 0.4) is 0 Å². The predicted octanol–water partition coefficient (Wildman–Crippen LogP) is 0.784. The summed E-state index contributed by atoms with van der Waals surface area (Å²) in [4.78, 5) is 16.5. The molecule has 2 aromatic heterocycles. The Morgan fingerprint density at radius 1 is 1.50 bits per heavy atom. The lowest BCUT2D eigenvalue weighted by Crippen LogP contribution is -2.28. The Balaban J connectivity index is 2.55. The maximum atomic E-state index is 12.4. The maximum absolute atomic E-state index is 12.4. The number of nitrogens with two attached hydrogens (primary N) is 1. The van der Waals surface area contributed by atoms with Crippen LogP contribution in [0.15, 0.2) is 40.7 Å². The van der Waals surface area contributed by atoms with E-state index in [0.717, 1.165) is 0 Å². The molecule has 0 atom stereocenters. The molecular weight excluding hydrogens is 258 g/mol. The van der Waals surface area contributed by atoms with Gasteiger partial charge in [0.1, 0.15) is 0 Å². The molecule has 0 saturated heterocycles. The fourth-order valence-electron chi connectivity index (χ4n) is 1.96. The van der Waals surface area contributed by atoms with Crippen LogP contribution in [0.1, 0.15) is 19.5 Å². The van der Waals surface area contributed by atoms with Crippen molar-refractivity contribution in [2.45, 2.75) is 20.4 Å². The first kappa shape index (κ1) is 13.9. The van der Waals surface area contributed by atoms with Gasteiger partial charge in [-0.15, -0.1) is 0 Å². The molecule has 0 unspecified atom stereocenters. The van der Waals surface area contributed by atoms with Gasteiger partial charge in [-0.05, 0) is 18.1 Å². The minimum atomic E-state index is -0.218. The molecule has 0 aliphatic carbocycles. The summed E-state index contributed by atoms with van der Waals surface area (Å²) in [5.74, 6) is 0.492. The number of aromatic nitrogens is 3. The second kappa shape index (κ2) is 5.60. The Kier molecular flexibility index (Phi) is 3.88. The SMILES string of the molecule is CC(C)Cn1ccnc(-n2cccc2/C(N)=N/O)c1=O. The van der Waals surface area contributed by atoms with Crippen LogP contribution in [0.25, 0.3) is 5.82 Å². The molecule has 106 valence electrons. The zero-order chi connectivity index (χ0) is 14.7. The van der Waals surface area contributed by atoms with E-state index in [4.69, 9.17) is 10.9 Å². The Labute approximate surface area is 116 Å². The van der Waals surface area contributed by atoms with Crippen LogP contribution in [-0.2, 0) is 6.54 Å². The summed E-state index contributed by atoms with van der Waals surface area (Å²) < 4.78 is 3.11. The van der Waals surface area contributed by atoms with Gasteiger partial charge in [0.05, 0.1) is 5.69 Å². The van der Waals surface area contributed by atoms with E-state index in [1.807, 2.05) is 13.8 Å². The molecule has 20 heavy (non-hydrogen) atoms. The Morgan fingerprint density at radius 3 is 2.90 bits per heavy atom. The molecule has 3 N–H and O–H groups in total. The summed E-state index contributed by atoms with van der Waals surface area (Å²) in [6.45, 7) is 4.67. The van der Waals surface area contributed by atoms with Crippen molar-refractivity contribution < 1.29 is 5.21 Å². The summed E-state index contributed by atoms with van der Waals surface area (Å²) in [7, 11) is 0. The molecule has 0 saturated carbocycles. The van der Waals surface area contributed by atoms with Gasteiger partial charge in [0, 0.05) is 25.1 Å². The molecule has 0 fully saturated rings. The molecule has 0 aliphatic rings. The summed E-state index contributed by atoms with van der Waals surface area (Å²) in [6.07, 6.45) is 4.87. The fourth-order valence-corrected chi connectivity index (χ4v) is 1.96. The number of hydrogen-bond donors (Lipinski definition) is 2. The average Bonchev–Trinajstić information content (AvgIpc) is 2.89. The van der Waals surface area contributed by atoms with E-state index in [-0.39, 0.29) is 17.2 Å². The Hall–Kier alpha value is -2.57. The third-order valence-corrected chi connectivity index (χ3v) is 2.80. The zero-order valence-corrected chi connectivity index (χ0v) is 11.4. The minimum Gasteiger partial charge on any atom is -0.409 e. The molecule has 0 aromatic carbocycles. The first-order valence-corrected chi connectivity index (χ1v) is 6.25. The van der Waals surface area contributed by atoms with Gasteiger partial charge < -0.3 is 15.5 Å². The third-order valence-electron chi connectivity index (χ3n) is 2.80. The van der Waals surface area contributed by atoms with E-state index < -0.39 is 0 Å². The predicted molar refractivity (Wildman–Crippen MR) is 75.2 cm³/mol. The van der Waals surface area contributed by atoms with Gasteiger partial charge in [-0.1, -0.05) is 19.0 Å². The largest absolute Gasteiger partial charge is 0.409 e. The standard InChI is InChI=1S/C13H17N5O2/c1-9(2)8-17-7-5-15-12(13(17)19)18-6-3-4-10(18)11(14)16-20/h3-7,9,20H,8H2,1-2H3,(H2,14,16). The smallest absolute Gasteiger partial charge is 0.294 e. The molecular formula is C13H17N5O2. The molecule has 0 aliphatic heterocycles. The van der Waals surface area contributed by atoms with Crippen LogP contribution in [0.2, 0.25) is 0 Å². The fraction of sp³-hybridized carbons (Fsp3) is 0.308. The summed E-state index contributed by atoms with van der Waals surface area (Å²) in [5, 5.41) is 11.7. The van der Waals surface area contributed by atoms with Crippen molar-refractivity contribution in [1.82, 2.24) is 14.1 Å². The number of rotatable bonds is 4. The normalized spacial score (nSPS) is 12.1. The quantitative estimate of drug-likeness (QED) is 0.373. The maximum Gasteiger partial charge on any atom is 0.294 e.